The molecule has 0 saturated carbocycles. The van der Waals surface area contributed by atoms with Crippen molar-refractivity contribution in [2.75, 3.05) is 20.1 Å². The van der Waals surface area contributed by atoms with Crippen LogP contribution in [0.4, 0.5) is 4.39 Å². The molecule has 1 heterocycles. The third kappa shape index (κ3) is 7.42. The third-order valence-electron chi connectivity index (χ3n) is 3.44. The molecule has 2 rings (SSSR count). The fourth-order valence-corrected chi connectivity index (χ4v) is 2.21. The lowest BCUT2D eigenvalue weighted by Gasteiger charge is -2.22. The Labute approximate surface area is 169 Å². The Hall–Kier alpha value is -2.10. The summed E-state index contributed by atoms with van der Waals surface area (Å²) in [6.45, 7) is 3.54. The number of carbonyl (C=O) groups is 1. The van der Waals surface area contributed by atoms with E-state index in [2.05, 4.69) is 15.6 Å². The molecule has 0 aliphatic carbocycles. The number of halogens is 2. The van der Waals surface area contributed by atoms with Crippen molar-refractivity contribution < 1.29 is 13.6 Å². The van der Waals surface area contributed by atoms with Gasteiger partial charge in [0.15, 0.2) is 5.96 Å². The number of rotatable bonds is 7. The van der Waals surface area contributed by atoms with E-state index in [1.54, 1.807) is 30.5 Å². The van der Waals surface area contributed by atoms with Gasteiger partial charge in [0.05, 0.1) is 12.8 Å². The molecule has 142 valence electrons. The Bertz CT molecular complexity index is 690. The smallest absolute Gasteiger partial charge is 0.242 e. The van der Waals surface area contributed by atoms with Crippen molar-refractivity contribution >= 4 is 35.8 Å². The summed E-state index contributed by atoms with van der Waals surface area (Å²) in [4.78, 5) is 18.1. The lowest BCUT2D eigenvalue weighted by molar-refractivity contribution is -0.119. The second-order valence-corrected chi connectivity index (χ2v) is 5.51. The maximum Gasteiger partial charge on any atom is 0.242 e. The van der Waals surface area contributed by atoms with Gasteiger partial charge < -0.3 is 20.0 Å². The van der Waals surface area contributed by atoms with Gasteiger partial charge in [-0.2, -0.15) is 0 Å². The zero-order valence-corrected chi connectivity index (χ0v) is 17.2. The first-order chi connectivity index (χ1) is 12.1. The van der Waals surface area contributed by atoms with E-state index < -0.39 is 0 Å². The number of hydrogen-bond acceptors (Lipinski definition) is 3. The van der Waals surface area contributed by atoms with Crippen molar-refractivity contribution in [1.29, 1.82) is 0 Å². The van der Waals surface area contributed by atoms with Crippen LogP contribution in [0.1, 0.15) is 18.2 Å². The van der Waals surface area contributed by atoms with Crippen LogP contribution in [0.3, 0.4) is 0 Å². The van der Waals surface area contributed by atoms with E-state index in [-0.39, 0.29) is 42.2 Å². The van der Waals surface area contributed by atoms with Gasteiger partial charge in [0.1, 0.15) is 18.1 Å². The zero-order valence-electron chi connectivity index (χ0n) is 14.9. The number of nitrogens with one attached hydrogen (secondary N) is 2. The van der Waals surface area contributed by atoms with E-state index in [1.807, 2.05) is 18.9 Å². The van der Waals surface area contributed by atoms with Gasteiger partial charge in [-0.1, -0.05) is 12.1 Å². The maximum atomic E-state index is 13.0. The summed E-state index contributed by atoms with van der Waals surface area (Å²) in [5, 5.41) is 5.89. The molecule has 0 unspecified atom stereocenters. The Morgan fingerprint density at radius 1 is 1.23 bits per heavy atom. The Kier molecular flexibility index (Phi) is 9.71. The summed E-state index contributed by atoms with van der Waals surface area (Å²) in [6, 6.07) is 9.87. The Morgan fingerprint density at radius 2 is 1.96 bits per heavy atom. The van der Waals surface area contributed by atoms with Crippen molar-refractivity contribution in [1.82, 2.24) is 15.5 Å². The zero-order chi connectivity index (χ0) is 18.1. The Morgan fingerprint density at radius 3 is 2.58 bits per heavy atom. The number of carbonyl (C=O) groups excluding carboxylic acids is 1. The van der Waals surface area contributed by atoms with Crippen LogP contribution in [0.25, 0.3) is 0 Å². The molecule has 1 aromatic carbocycles. The summed E-state index contributed by atoms with van der Waals surface area (Å²) in [7, 11) is 1.87. The Balaban J connectivity index is 0.00000338. The minimum Gasteiger partial charge on any atom is -0.467 e. The summed E-state index contributed by atoms with van der Waals surface area (Å²) in [5.74, 6) is 0.847. The first-order valence-electron chi connectivity index (χ1n) is 8.11. The van der Waals surface area contributed by atoms with Gasteiger partial charge in [0.25, 0.3) is 0 Å². The number of guanidine groups is 1. The van der Waals surface area contributed by atoms with E-state index in [1.165, 1.54) is 12.1 Å². The molecule has 6 nitrogen and oxygen atoms in total. The number of aliphatic imine (C=N–C) groups is 1. The molecule has 1 aromatic heterocycles. The van der Waals surface area contributed by atoms with Gasteiger partial charge in [-0.15, -0.1) is 24.0 Å². The number of hydrogen-bond donors (Lipinski definition) is 2. The van der Waals surface area contributed by atoms with Gasteiger partial charge in [-0.25, -0.2) is 9.38 Å². The van der Waals surface area contributed by atoms with Crippen LogP contribution in [0.2, 0.25) is 0 Å². The van der Waals surface area contributed by atoms with Crippen LogP contribution in [0.15, 0.2) is 52.1 Å². The van der Waals surface area contributed by atoms with E-state index in [0.717, 1.165) is 5.56 Å². The standard InChI is InChI=1S/C18H23FN4O2.HI/c1-3-20-18(23(2)13-14-6-8-15(19)9-7-14)22-12-17(24)21-11-16-5-4-10-25-16;/h4-10H,3,11-13H2,1-2H3,(H,20,22)(H,21,24);1H. The lowest BCUT2D eigenvalue weighted by atomic mass is 10.2. The quantitative estimate of drug-likeness (QED) is 0.368. The largest absolute Gasteiger partial charge is 0.467 e. The van der Waals surface area contributed by atoms with Gasteiger partial charge >= 0.3 is 0 Å². The molecule has 0 aliphatic rings. The molecular weight excluding hydrogens is 450 g/mol. The topological polar surface area (TPSA) is 69.9 Å². The maximum absolute atomic E-state index is 13.0. The van der Waals surface area contributed by atoms with Crippen molar-refractivity contribution in [3.8, 4) is 0 Å². The molecule has 0 radical (unpaired) electrons. The van der Waals surface area contributed by atoms with E-state index in [9.17, 15) is 9.18 Å². The highest BCUT2D eigenvalue weighted by atomic mass is 127. The van der Waals surface area contributed by atoms with Gasteiger partial charge in [-0.3, -0.25) is 4.79 Å². The van der Waals surface area contributed by atoms with Crippen LogP contribution < -0.4 is 10.6 Å². The minimum absolute atomic E-state index is 0. The molecule has 1 amide bonds. The third-order valence-corrected chi connectivity index (χ3v) is 3.44. The molecule has 0 fully saturated rings. The molecule has 0 bridgehead atoms. The average molecular weight is 474 g/mol. The van der Waals surface area contributed by atoms with Crippen molar-refractivity contribution in [3.05, 3.63) is 59.8 Å². The van der Waals surface area contributed by atoms with Crippen LogP contribution in [0, 0.1) is 5.82 Å². The molecule has 0 spiro atoms. The second kappa shape index (κ2) is 11.5. The van der Waals surface area contributed by atoms with E-state index in [4.69, 9.17) is 4.42 Å². The monoisotopic (exact) mass is 474 g/mol. The first-order valence-corrected chi connectivity index (χ1v) is 8.11. The molecule has 0 saturated heterocycles. The van der Waals surface area contributed by atoms with E-state index in [0.29, 0.717) is 31.4 Å². The summed E-state index contributed by atoms with van der Waals surface area (Å²) < 4.78 is 18.1. The van der Waals surface area contributed by atoms with Crippen molar-refractivity contribution in [2.45, 2.75) is 20.0 Å². The minimum atomic E-state index is -0.264. The number of amides is 1. The molecule has 0 atom stereocenters. The molecule has 2 N–H and O–H groups in total. The molecule has 0 aliphatic heterocycles. The second-order valence-electron chi connectivity index (χ2n) is 5.51. The van der Waals surface area contributed by atoms with Crippen LogP contribution >= 0.6 is 24.0 Å². The summed E-state index contributed by atoms with van der Waals surface area (Å²) in [5.41, 5.74) is 0.955. The van der Waals surface area contributed by atoms with Crippen LogP contribution in [0.5, 0.6) is 0 Å². The van der Waals surface area contributed by atoms with Gasteiger partial charge in [-0.05, 0) is 36.8 Å². The normalized spacial score (nSPS) is 10.8. The SMILES string of the molecule is CCNC(=NCC(=O)NCc1ccco1)N(C)Cc1ccc(F)cc1.I. The van der Waals surface area contributed by atoms with Crippen LogP contribution in [-0.4, -0.2) is 36.9 Å². The molecule has 2 aromatic rings. The fraction of sp³-hybridized carbons (Fsp3) is 0.333. The molecule has 26 heavy (non-hydrogen) atoms. The van der Waals surface area contributed by atoms with Gasteiger partial charge in [0, 0.05) is 20.1 Å². The number of furan rings is 1. The molecular formula is C18H24FIN4O2. The number of benzene rings is 1. The summed E-state index contributed by atoms with van der Waals surface area (Å²) >= 11 is 0. The van der Waals surface area contributed by atoms with E-state index >= 15 is 0 Å². The highest BCUT2D eigenvalue weighted by molar-refractivity contribution is 14.0. The van der Waals surface area contributed by atoms with Crippen LogP contribution in [-0.2, 0) is 17.9 Å². The van der Waals surface area contributed by atoms with Crippen molar-refractivity contribution in [2.24, 2.45) is 4.99 Å². The highest BCUT2D eigenvalue weighted by Gasteiger charge is 2.08. The van der Waals surface area contributed by atoms with Crippen molar-refractivity contribution in [3.63, 3.8) is 0 Å². The predicted octanol–water partition coefficient (Wildman–Crippen LogP) is 2.75. The fourth-order valence-electron chi connectivity index (χ4n) is 2.21. The highest BCUT2D eigenvalue weighted by Crippen LogP contribution is 2.06. The number of nitrogens with zero attached hydrogens (tertiary/aromatic N) is 2. The summed E-state index contributed by atoms with van der Waals surface area (Å²) in [6.07, 6.45) is 1.56. The average Bonchev–Trinajstić information content (AvgIpc) is 3.12. The van der Waals surface area contributed by atoms with Gasteiger partial charge in [0.2, 0.25) is 5.91 Å². The lowest BCUT2D eigenvalue weighted by Crippen LogP contribution is -2.39. The first kappa shape index (κ1) is 21.9. The predicted molar refractivity (Wildman–Crippen MR) is 110 cm³/mol. The molecule has 8 heteroatoms.